The number of hydrogen-bond acceptors (Lipinski definition) is 4. The maximum Gasteiger partial charge on any atom is 0.259 e. The van der Waals surface area contributed by atoms with Gasteiger partial charge in [-0.05, 0) is 36.8 Å². The second-order valence-electron chi connectivity index (χ2n) is 4.50. The van der Waals surface area contributed by atoms with E-state index in [0.717, 1.165) is 5.56 Å². The molecule has 5 heteroatoms. The van der Waals surface area contributed by atoms with E-state index in [1.807, 2.05) is 13.0 Å². The van der Waals surface area contributed by atoms with Crippen LogP contribution >= 0.6 is 0 Å². The Morgan fingerprint density at radius 3 is 2.67 bits per heavy atom. The maximum atomic E-state index is 12.2. The summed E-state index contributed by atoms with van der Waals surface area (Å²) in [7, 11) is 1.45. The highest BCUT2D eigenvalue weighted by atomic mass is 16.5. The van der Waals surface area contributed by atoms with Crippen molar-refractivity contribution in [1.29, 1.82) is 5.26 Å². The lowest BCUT2D eigenvalue weighted by atomic mass is 10.1. The topological polar surface area (TPSA) is 82.3 Å². The molecule has 0 spiro atoms. The summed E-state index contributed by atoms with van der Waals surface area (Å²) < 4.78 is 5.15. The molecular weight excluding hydrogens is 268 g/mol. The number of nitrogens with one attached hydrogen (secondary N) is 1. The molecule has 2 rings (SSSR count). The Balaban J connectivity index is 2.29. The molecule has 2 N–H and O–H groups in total. The van der Waals surface area contributed by atoms with Gasteiger partial charge in [0.15, 0.2) is 0 Å². The molecule has 2 aromatic carbocycles. The van der Waals surface area contributed by atoms with Crippen LogP contribution in [0.2, 0.25) is 0 Å². The highest BCUT2D eigenvalue weighted by Gasteiger charge is 2.14. The first-order valence-corrected chi connectivity index (χ1v) is 6.24. The number of anilines is 1. The van der Waals surface area contributed by atoms with E-state index in [2.05, 4.69) is 5.32 Å². The van der Waals surface area contributed by atoms with Crippen LogP contribution in [-0.4, -0.2) is 18.1 Å². The van der Waals surface area contributed by atoms with Gasteiger partial charge in [-0.25, -0.2) is 0 Å². The predicted molar refractivity (Wildman–Crippen MR) is 78.5 cm³/mol. The number of methoxy groups -OCH3 is 1. The van der Waals surface area contributed by atoms with Crippen molar-refractivity contribution in [2.24, 2.45) is 0 Å². The van der Waals surface area contributed by atoms with Crippen molar-refractivity contribution in [3.63, 3.8) is 0 Å². The molecule has 0 saturated carbocycles. The fourth-order valence-electron chi connectivity index (χ4n) is 1.89. The average molecular weight is 282 g/mol. The number of phenolic OH excluding ortho intramolecular Hbond substituents is 1. The Kier molecular flexibility index (Phi) is 4.10. The molecular formula is C16H14N2O3. The molecule has 0 aliphatic heterocycles. The molecule has 0 bridgehead atoms. The number of aryl methyl sites for hydroxylation is 1. The number of nitriles is 1. The number of hydrogen-bond donors (Lipinski definition) is 2. The maximum absolute atomic E-state index is 12.2. The summed E-state index contributed by atoms with van der Waals surface area (Å²) in [5.41, 5.74) is 1.90. The largest absolute Gasteiger partial charge is 0.507 e. The summed E-state index contributed by atoms with van der Waals surface area (Å²) in [6, 6.07) is 11.5. The Hall–Kier alpha value is -3.00. The van der Waals surface area contributed by atoms with E-state index in [0.29, 0.717) is 17.0 Å². The standard InChI is InChI=1S/C16H14N2O3/c1-10-3-5-12(14(19)7-10)16(20)18-13-6-4-11(9-17)8-15(13)21-2/h3-8,19H,1-2H3,(H,18,20). The van der Waals surface area contributed by atoms with Crippen LogP contribution in [0.4, 0.5) is 5.69 Å². The lowest BCUT2D eigenvalue weighted by molar-refractivity contribution is 0.102. The summed E-state index contributed by atoms with van der Waals surface area (Å²) in [6.07, 6.45) is 0. The van der Waals surface area contributed by atoms with E-state index in [9.17, 15) is 9.90 Å². The third-order valence-corrected chi connectivity index (χ3v) is 2.98. The molecule has 0 aliphatic rings. The highest BCUT2D eigenvalue weighted by molar-refractivity contribution is 6.06. The molecule has 0 heterocycles. The number of phenols is 1. The van der Waals surface area contributed by atoms with E-state index < -0.39 is 5.91 Å². The quantitative estimate of drug-likeness (QED) is 0.906. The molecule has 0 unspecified atom stereocenters. The number of carbonyl (C=O) groups is 1. The lowest BCUT2D eigenvalue weighted by Gasteiger charge is -2.11. The molecule has 0 saturated heterocycles. The van der Waals surface area contributed by atoms with Gasteiger partial charge >= 0.3 is 0 Å². The van der Waals surface area contributed by atoms with Gasteiger partial charge in [0.25, 0.3) is 5.91 Å². The lowest BCUT2D eigenvalue weighted by Crippen LogP contribution is -2.13. The predicted octanol–water partition coefficient (Wildman–Crippen LogP) is 2.83. The second-order valence-corrected chi connectivity index (χ2v) is 4.50. The van der Waals surface area contributed by atoms with Gasteiger partial charge in [-0.2, -0.15) is 5.26 Å². The number of benzene rings is 2. The highest BCUT2D eigenvalue weighted by Crippen LogP contribution is 2.27. The fraction of sp³-hybridized carbons (Fsp3) is 0.125. The summed E-state index contributed by atoms with van der Waals surface area (Å²) in [4.78, 5) is 12.2. The number of ether oxygens (including phenoxy) is 1. The summed E-state index contributed by atoms with van der Waals surface area (Å²) in [6.45, 7) is 1.82. The van der Waals surface area contributed by atoms with E-state index in [1.165, 1.54) is 19.2 Å². The fourth-order valence-corrected chi connectivity index (χ4v) is 1.89. The van der Waals surface area contributed by atoms with E-state index >= 15 is 0 Å². The van der Waals surface area contributed by atoms with Crippen LogP contribution in [0.25, 0.3) is 0 Å². The summed E-state index contributed by atoms with van der Waals surface area (Å²) in [5.74, 6) is -0.148. The van der Waals surface area contributed by atoms with E-state index in [1.54, 1.807) is 24.3 Å². The molecule has 5 nitrogen and oxygen atoms in total. The molecule has 1 amide bonds. The number of rotatable bonds is 3. The Labute approximate surface area is 122 Å². The Bertz CT molecular complexity index is 733. The minimum absolute atomic E-state index is 0.0832. The monoisotopic (exact) mass is 282 g/mol. The van der Waals surface area contributed by atoms with Crippen molar-refractivity contribution >= 4 is 11.6 Å². The van der Waals surface area contributed by atoms with Gasteiger partial charge < -0.3 is 15.2 Å². The molecule has 2 aromatic rings. The smallest absolute Gasteiger partial charge is 0.259 e. The van der Waals surface area contributed by atoms with Crippen LogP contribution in [0.15, 0.2) is 36.4 Å². The minimum atomic E-state index is -0.449. The third kappa shape index (κ3) is 3.12. The number of aromatic hydroxyl groups is 1. The van der Waals surface area contributed by atoms with Gasteiger partial charge in [0, 0.05) is 6.07 Å². The minimum Gasteiger partial charge on any atom is -0.507 e. The van der Waals surface area contributed by atoms with Crippen molar-refractivity contribution in [2.45, 2.75) is 6.92 Å². The first kappa shape index (κ1) is 14.4. The van der Waals surface area contributed by atoms with Crippen LogP contribution in [0.1, 0.15) is 21.5 Å². The Morgan fingerprint density at radius 1 is 1.29 bits per heavy atom. The number of nitrogens with zero attached hydrogens (tertiary/aromatic N) is 1. The van der Waals surface area contributed by atoms with Crippen LogP contribution in [0, 0.1) is 18.3 Å². The second kappa shape index (κ2) is 5.97. The molecule has 21 heavy (non-hydrogen) atoms. The molecule has 0 aromatic heterocycles. The van der Waals surface area contributed by atoms with E-state index in [-0.39, 0.29) is 11.3 Å². The van der Waals surface area contributed by atoms with E-state index in [4.69, 9.17) is 10.00 Å². The Morgan fingerprint density at radius 2 is 2.05 bits per heavy atom. The first-order valence-electron chi connectivity index (χ1n) is 6.24. The van der Waals surface area contributed by atoms with Crippen molar-refractivity contribution in [2.75, 3.05) is 12.4 Å². The van der Waals surface area contributed by atoms with Crippen molar-refractivity contribution in [3.8, 4) is 17.6 Å². The molecule has 0 radical (unpaired) electrons. The molecule has 0 aliphatic carbocycles. The van der Waals surface area contributed by atoms with Crippen LogP contribution < -0.4 is 10.1 Å². The van der Waals surface area contributed by atoms with Crippen molar-refractivity contribution in [3.05, 3.63) is 53.1 Å². The average Bonchev–Trinajstić information content (AvgIpc) is 2.47. The zero-order valence-electron chi connectivity index (χ0n) is 11.7. The van der Waals surface area contributed by atoms with Gasteiger partial charge in [0.05, 0.1) is 30.0 Å². The SMILES string of the molecule is COc1cc(C#N)ccc1NC(=O)c1ccc(C)cc1O. The van der Waals surface area contributed by atoms with Gasteiger partial charge in [0.2, 0.25) is 0 Å². The normalized spacial score (nSPS) is 9.76. The molecule has 0 atom stereocenters. The zero-order valence-corrected chi connectivity index (χ0v) is 11.7. The first-order chi connectivity index (χ1) is 10.0. The van der Waals surface area contributed by atoms with Crippen molar-refractivity contribution in [1.82, 2.24) is 0 Å². The molecule has 0 fully saturated rings. The van der Waals surface area contributed by atoms with Gasteiger partial charge in [-0.1, -0.05) is 6.07 Å². The van der Waals surface area contributed by atoms with Crippen LogP contribution in [-0.2, 0) is 0 Å². The molecule has 106 valence electrons. The number of carbonyl (C=O) groups excluding carboxylic acids is 1. The van der Waals surface area contributed by atoms with Gasteiger partial charge in [-0.15, -0.1) is 0 Å². The third-order valence-electron chi connectivity index (χ3n) is 2.98. The number of amides is 1. The van der Waals surface area contributed by atoms with Gasteiger partial charge in [0.1, 0.15) is 11.5 Å². The summed E-state index contributed by atoms with van der Waals surface area (Å²) >= 11 is 0. The summed E-state index contributed by atoms with van der Waals surface area (Å²) in [5, 5.41) is 21.3. The van der Waals surface area contributed by atoms with Crippen LogP contribution in [0.3, 0.4) is 0 Å². The zero-order chi connectivity index (χ0) is 15.4. The van der Waals surface area contributed by atoms with Gasteiger partial charge in [-0.3, -0.25) is 4.79 Å². The van der Waals surface area contributed by atoms with Crippen LogP contribution in [0.5, 0.6) is 11.5 Å². The van der Waals surface area contributed by atoms with Crippen molar-refractivity contribution < 1.29 is 14.6 Å².